The molecule has 2 aliphatic rings. The van der Waals surface area contributed by atoms with Crippen molar-refractivity contribution in [2.45, 2.75) is 75.5 Å². The van der Waals surface area contributed by atoms with Gasteiger partial charge in [-0.3, -0.25) is 0 Å². The maximum Gasteiger partial charge on any atom is 2.00 e. The zero-order valence-electron chi connectivity index (χ0n) is 15.2. The summed E-state index contributed by atoms with van der Waals surface area (Å²) in [5, 5.41) is 3.12. The minimum absolute atomic E-state index is 0. The number of rotatable bonds is 3. The molecule has 0 aliphatic heterocycles. The van der Waals surface area contributed by atoms with Crippen molar-refractivity contribution >= 4 is 27.8 Å². The zero-order valence-corrected chi connectivity index (χ0v) is 18.4. The minimum atomic E-state index is 0. The van der Waals surface area contributed by atoms with Crippen molar-refractivity contribution in [1.82, 2.24) is 0 Å². The third-order valence-electron chi connectivity index (χ3n) is 5.55. The Hall–Kier alpha value is 0.0795. The van der Waals surface area contributed by atoms with Crippen molar-refractivity contribution in [3.05, 3.63) is 48.5 Å². The van der Waals surface area contributed by atoms with Crippen LogP contribution in [0.15, 0.2) is 48.5 Å². The Balaban J connectivity index is 0.000000325. The molecule has 0 nitrogen and oxygen atoms in total. The SMILES string of the molecule is Pc1cc(P(C2CCCCC2)C2CCCCC2)c[cH-]1.[Fe+2].c1cc[cH-]c1. The first-order chi connectivity index (χ1) is 11.8. The van der Waals surface area contributed by atoms with Crippen LogP contribution in [0.25, 0.3) is 0 Å². The van der Waals surface area contributed by atoms with E-state index in [0.717, 1.165) is 11.3 Å². The molecule has 2 fully saturated rings. The van der Waals surface area contributed by atoms with Crippen LogP contribution in [-0.4, -0.2) is 11.3 Å². The molecule has 3 heteroatoms. The van der Waals surface area contributed by atoms with Gasteiger partial charge in [0.1, 0.15) is 0 Å². The van der Waals surface area contributed by atoms with E-state index >= 15 is 0 Å². The van der Waals surface area contributed by atoms with Crippen LogP contribution < -0.4 is 10.6 Å². The molecule has 2 aliphatic carbocycles. The van der Waals surface area contributed by atoms with Gasteiger partial charge < -0.3 is 0 Å². The van der Waals surface area contributed by atoms with Crippen molar-refractivity contribution < 1.29 is 17.1 Å². The third kappa shape index (κ3) is 6.63. The Morgan fingerprint density at radius 2 is 1.36 bits per heavy atom. The molecule has 138 valence electrons. The molecule has 2 aromatic rings. The molecule has 1 atom stereocenters. The number of hydrogen-bond acceptors (Lipinski definition) is 0. The predicted octanol–water partition coefficient (Wildman–Crippen LogP) is 6.08. The monoisotopic (exact) mass is 414 g/mol. The Morgan fingerprint density at radius 3 is 1.72 bits per heavy atom. The van der Waals surface area contributed by atoms with E-state index in [0.29, 0.717) is 0 Å². The molecular weight excluding hydrogens is 382 g/mol. The second-order valence-corrected chi connectivity index (χ2v) is 10.8. The summed E-state index contributed by atoms with van der Waals surface area (Å²) in [7, 11) is 3.00. The fourth-order valence-corrected chi connectivity index (χ4v) is 8.61. The van der Waals surface area contributed by atoms with Gasteiger partial charge in [-0.05, 0) is 37.0 Å². The molecule has 0 saturated heterocycles. The van der Waals surface area contributed by atoms with Crippen molar-refractivity contribution in [2.24, 2.45) is 0 Å². The van der Waals surface area contributed by atoms with E-state index in [9.17, 15) is 0 Å². The van der Waals surface area contributed by atoms with Crippen LogP contribution in [0.1, 0.15) is 64.2 Å². The van der Waals surface area contributed by atoms with Crippen LogP contribution in [0.5, 0.6) is 0 Å². The topological polar surface area (TPSA) is 0 Å². The molecular formula is C22H32FeP2. The van der Waals surface area contributed by atoms with E-state index in [1.54, 1.807) is 5.30 Å². The largest absolute Gasteiger partial charge is 2.00 e. The van der Waals surface area contributed by atoms with Gasteiger partial charge in [0, 0.05) is 0 Å². The molecule has 1 unspecified atom stereocenters. The number of hydrogen-bond donors (Lipinski definition) is 0. The van der Waals surface area contributed by atoms with Crippen molar-refractivity contribution in [3.8, 4) is 0 Å². The second-order valence-electron chi connectivity index (χ2n) is 7.36. The van der Waals surface area contributed by atoms with Crippen LogP contribution in [0.3, 0.4) is 0 Å². The molecule has 0 radical (unpaired) electrons. The summed E-state index contributed by atoms with van der Waals surface area (Å²) in [4.78, 5) is 0. The molecule has 0 bridgehead atoms. The molecule has 0 heterocycles. The second kappa shape index (κ2) is 11.7. The summed E-state index contributed by atoms with van der Waals surface area (Å²) in [6.45, 7) is 0. The van der Waals surface area contributed by atoms with E-state index in [2.05, 4.69) is 27.4 Å². The van der Waals surface area contributed by atoms with E-state index in [1.807, 2.05) is 30.3 Å². The van der Waals surface area contributed by atoms with Crippen LogP contribution in [0, 0.1) is 0 Å². The Labute approximate surface area is 168 Å². The first-order valence-electron chi connectivity index (χ1n) is 9.82. The van der Waals surface area contributed by atoms with Gasteiger partial charge in [-0.1, -0.05) is 38.5 Å². The van der Waals surface area contributed by atoms with Crippen molar-refractivity contribution in [1.29, 1.82) is 0 Å². The summed E-state index contributed by atoms with van der Waals surface area (Å²) in [5.74, 6) is 0. The van der Waals surface area contributed by atoms with Gasteiger partial charge in [0.2, 0.25) is 0 Å². The van der Waals surface area contributed by atoms with Gasteiger partial charge in [-0.2, -0.15) is 41.7 Å². The van der Waals surface area contributed by atoms with Gasteiger partial charge in [-0.25, -0.2) is 12.1 Å². The summed E-state index contributed by atoms with van der Waals surface area (Å²) in [6.07, 6.45) is 15.0. The van der Waals surface area contributed by atoms with Gasteiger partial charge in [0.05, 0.1) is 0 Å². The Bertz CT molecular complexity index is 513. The first kappa shape index (κ1) is 21.4. The van der Waals surface area contributed by atoms with Crippen LogP contribution >= 0.6 is 17.2 Å². The summed E-state index contributed by atoms with van der Waals surface area (Å²) < 4.78 is 0. The maximum atomic E-state index is 2.88. The third-order valence-corrected chi connectivity index (χ3v) is 9.39. The van der Waals surface area contributed by atoms with Gasteiger partial charge in [0.25, 0.3) is 0 Å². The smallest absolute Gasteiger partial charge is 0.214 e. The molecule has 0 spiro atoms. The standard InChI is InChI=1S/C17H27P2.C5H5.Fe/c18-14-11-12-17(13-14)19(15-7-3-1-4-8-15)16-9-5-2-6-10-16;1-2-4-5-3-1;/h11-13,15-16H,1-10,18H2;1-5H;/q2*-1;+2. The first-order valence-corrected chi connectivity index (χ1v) is 11.9. The quantitative estimate of drug-likeness (QED) is 0.324. The normalized spacial score (nSPS) is 19.1. The van der Waals surface area contributed by atoms with E-state index < -0.39 is 0 Å². The van der Waals surface area contributed by atoms with Crippen molar-refractivity contribution in [2.75, 3.05) is 0 Å². The summed E-state index contributed by atoms with van der Waals surface area (Å²) in [5.41, 5.74) is 2.08. The zero-order chi connectivity index (χ0) is 16.6. The van der Waals surface area contributed by atoms with E-state index in [1.165, 1.54) is 69.5 Å². The minimum Gasteiger partial charge on any atom is -0.214 e. The molecule has 0 N–H and O–H groups in total. The fourth-order valence-electron chi connectivity index (χ4n) is 4.37. The predicted molar refractivity (Wildman–Crippen MR) is 114 cm³/mol. The molecule has 25 heavy (non-hydrogen) atoms. The average molecular weight is 414 g/mol. The Morgan fingerprint density at radius 1 is 0.840 bits per heavy atom. The molecule has 4 rings (SSSR count). The van der Waals surface area contributed by atoms with Gasteiger partial charge in [0.15, 0.2) is 0 Å². The van der Waals surface area contributed by atoms with Gasteiger partial charge >= 0.3 is 17.1 Å². The average Bonchev–Trinajstić information content (AvgIpc) is 3.33. The maximum absolute atomic E-state index is 2.88. The summed E-state index contributed by atoms with van der Waals surface area (Å²) >= 11 is 0. The van der Waals surface area contributed by atoms with Crippen LogP contribution in [-0.2, 0) is 17.1 Å². The molecule has 0 amide bonds. The molecule has 0 aromatic heterocycles. The van der Waals surface area contributed by atoms with E-state index in [4.69, 9.17) is 0 Å². The van der Waals surface area contributed by atoms with Crippen LogP contribution in [0.2, 0.25) is 0 Å². The van der Waals surface area contributed by atoms with E-state index in [-0.39, 0.29) is 25.0 Å². The summed E-state index contributed by atoms with van der Waals surface area (Å²) in [6, 6.07) is 17.2. The molecule has 2 saturated carbocycles. The van der Waals surface area contributed by atoms with Gasteiger partial charge in [-0.15, -0.1) is 22.5 Å². The van der Waals surface area contributed by atoms with Crippen molar-refractivity contribution in [3.63, 3.8) is 0 Å². The Kier molecular flexibility index (Phi) is 10.0. The molecule has 2 aromatic carbocycles. The van der Waals surface area contributed by atoms with Crippen LogP contribution in [0.4, 0.5) is 0 Å². The fraction of sp³-hybridized carbons (Fsp3) is 0.545.